The number of rotatable bonds is 3. The first kappa shape index (κ1) is 18.1. The van der Waals surface area contributed by atoms with Crippen LogP contribution >= 0.6 is 0 Å². The lowest BCUT2D eigenvalue weighted by Gasteiger charge is -2.27. The highest BCUT2D eigenvalue weighted by atomic mass is 32.2. The van der Waals surface area contributed by atoms with E-state index in [0.717, 1.165) is 16.5 Å². The van der Waals surface area contributed by atoms with Crippen molar-refractivity contribution in [3.05, 3.63) is 53.2 Å². The summed E-state index contributed by atoms with van der Waals surface area (Å²) in [7, 11) is -3.54. The number of hydrogen-bond donors (Lipinski definition) is 0. The second-order valence-electron chi connectivity index (χ2n) is 6.94. The zero-order valence-corrected chi connectivity index (χ0v) is 17.1. The van der Waals surface area contributed by atoms with Crippen LogP contribution in [0.5, 0.6) is 0 Å². The van der Waals surface area contributed by atoms with Crippen molar-refractivity contribution >= 4 is 27.6 Å². The van der Waals surface area contributed by atoms with Gasteiger partial charge in [0.25, 0.3) is 5.91 Å². The number of carbonyl (C=O) groups excluding carboxylic acids is 1. The number of pyridine rings is 1. The minimum atomic E-state index is -4.91. The van der Waals surface area contributed by atoms with Crippen molar-refractivity contribution in [1.29, 1.82) is 0 Å². The van der Waals surface area contributed by atoms with Crippen molar-refractivity contribution in [2.75, 3.05) is 29.8 Å². The molecule has 30 heavy (non-hydrogen) atoms. The molecule has 1 fully saturated rings. The van der Waals surface area contributed by atoms with Crippen molar-refractivity contribution in [3.63, 3.8) is 0 Å². The predicted octanol–water partition coefficient (Wildman–Crippen LogP) is 2.75. The van der Waals surface area contributed by atoms with Crippen LogP contribution in [-0.2, 0) is 21.2 Å². The molecule has 1 aliphatic heterocycles. The Kier molecular flexibility index (Phi) is 4.56. The number of halogens is 3. The highest BCUT2D eigenvalue weighted by Crippen LogP contribution is 2.35. The molecule has 0 radical (unpaired) electrons. The maximum atomic E-state index is 13.4. The number of aromatic nitrogens is 1. The lowest BCUT2D eigenvalue weighted by atomic mass is 10.1. The van der Waals surface area contributed by atoms with E-state index in [-0.39, 0.29) is 10.00 Å². The Bertz CT molecular complexity index is 1190. The molecule has 1 saturated heterocycles. The molecule has 3 rings (SSSR count). The summed E-state index contributed by atoms with van der Waals surface area (Å²) >= 11 is 0. The Morgan fingerprint density at radius 3 is 2.57 bits per heavy atom. The predicted molar refractivity (Wildman–Crippen MR) is 106 cm³/mol. The van der Waals surface area contributed by atoms with Crippen LogP contribution in [0.3, 0.4) is 0 Å². The van der Waals surface area contributed by atoms with Gasteiger partial charge in [-0.2, -0.15) is 25.9 Å². The highest BCUT2D eigenvalue weighted by Gasteiger charge is 2.48. The quantitative estimate of drug-likeness (QED) is 0.728. The van der Waals surface area contributed by atoms with Crippen molar-refractivity contribution in [2.24, 2.45) is 0 Å². The zero-order valence-electron chi connectivity index (χ0n) is 19.3. The summed E-state index contributed by atoms with van der Waals surface area (Å²) in [5.74, 6) is -1.52. The fraction of sp³-hybridized carbons (Fsp3) is 0.368. The second kappa shape index (κ2) is 7.55. The van der Waals surface area contributed by atoms with Gasteiger partial charge in [0.05, 0.1) is 5.56 Å². The molecule has 1 atom stereocenters. The van der Waals surface area contributed by atoms with Gasteiger partial charge in [-0.05, 0) is 43.7 Å². The number of aryl methyl sites for hydroxylation is 2. The lowest BCUT2D eigenvalue weighted by molar-refractivity contribution is -0.137. The van der Waals surface area contributed by atoms with Crippen LogP contribution in [0.4, 0.5) is 24.7 Å². The summed E-state index contributed by atoms with van der Waals surface area (Å²) in [4.78, 5) is 18.3. The van der Waals surface area contributed by atoms with Crippen LogP contribution in [-0.4, -0.2) is 50.2 Å². The molecule has 1 aromatic heterocycles. The van der Waals surface area contributed by atoms with Crippen LogP contribution < -0.4 is 9.21 Å². The van der Waals surface area contributed by atoms with Gasteiger partial charge in [0.2, 0.25) is 0 Å². The fourth-order valence-corrected chi connectivity index (χ4v) is 4.51. The molecule has 0 aliphatic carbocycles. The Balaban J connectivity index is 2.16. The van der Waals surface area contributed by atoms with Crippen LogP contribution in [0.1, 0.15) is 20.9 Å². The normalized spacial score (nSPS) is 21.1. The SMILES string of the molecule is [2H]C([2H])([2H])N1C[C@@H](C(=O)N(C)c2cccc(C)c2)N(c2cc(C(F)(F)F)cc(C)n2)S1(=O)=O. The van der Waals surface area contributed by atoms with E-state index >= 15 is 0 Å². The number of carbonyl (C=O) groups is 1. The Morgan fingerprint density at radius 1 is 1.27 bits per heavy atom. The summed E-state index contributed by atoms with van der Waals surface area (Å²) in [6.45, 7) is -0.937. The number of benzene rings is 1. The standard InChI is InChI=1S/C19H21F3N4O3S/c1-12-6-5-7-15(8-12)25(4)18(27)16-11-24(3)30(28,29)26(16)17-10-14(19(20,21)22)9-13(2)23-17/h5-10,16H,11H2,1-4H3/t16-/m0/s1/i3D3. The van der Waals surface area contributed by atoms with Gasteiger partial charge < -0.3 is 4.90 Å². The molecule has 0 unspecified atom stereocenters. The Labute approximate surface area is 177 Å². The van der Waals surface area contributed by atoms with Crippen LogP contribution in [0.2, 0.25) is 0 Å². The number of hydrogen-bond acceptors (Lipinski definition) is 4. The van der Waals surface area contributed by atoms with Gasteiger partial charge in [-0.3, -0.25) is 4.79 Å². The monoisotopic (exact) mass is 445 g/mol. The first-order chi connectivity index (χ1) is 15.0. The van der Waals surface area contributed by atoms with Gasteiger partial charge in [0, 0.05) is 36.1 Å². The third kappa shape index (κ3) is 3.99. The van der Waals surface area contributed by atoms with E-state index in [1.807, 2.05) is 0 Å². The molecule has 1 aliphatic rings. The molecule has 0 bridgehead atoms. The van der Waals surface area contributed by atoms with Gasteiger partial charge >= 0.3 is 16.4 Å². The van der Waals surface area contributed by atoms with E-state index < -0.39 is 53.2 Å². The molecular weight excluding hydrogens is 421 g/mol. The first-order valence-electron chi connectivity index (χ1n) is 10.3. The van der Waals surface area contributed by atoms with Crippen molar-refractivity contribution in [3.8, 4) is 0 Å². The fourth-order valence-electron chi connectivity index (χ4n) is 3.16. The van der Waals surface area contributed by atoms with E-state index in [2.05, 4.69) is 4.98 Å². The van der Waals surface area contributed by atoms with E-state index in [0.29, 0.717) is 16.1 Å². The smallest absolute Gasteiger partial charge is 0.314 e. The van der Waals surface area contributed by atoms with E-state index in [9.17, 15) is 26.4 Å². The van der Waals surface area contributed by atoms with E-state index in [1.165, 1.54) is 14.0 Å². The minimum Gasteiger partial charge on any atom is -0.314 e. The maximum Gasteiger partial charge on any atom is 0.416 e. The molecule has 11 heteroatoms. The topological polar surface area (TPSA) is 73.8 Å². The third-order valence-electron chi connectivity index (χ3n) is 4.65. The van der Waals surface area contributed by atoms with Crippen LogP contribution in [0.25, 0.3) is 0 Å². The Morgan fingerprint density at radius 2 is 1.97 bits per heavy atom. The molecule has 0 saturated carbocycles. The molecule has 0 N–H and O–H groups in total. The van der Waals surface area contributed by atoms with Gasteiger partial charge in [-0.1, -0.05) is 12.1 Å². The molecule has 0 spiro atoms. The van der Waals surface area contributed by atoms with Crippen molar-refractivity contribution < 1.29 is 30.5 Å². The molecule has 2 heterocycles. The molecule has 1 aromatic carbocycles. The highest BCUT2D eigenvalue weighted by molar-refractivity contribution is 7.90. The summed E-state index contributed by atoms with van der Waals surface area (Å²) in [5.41, 5.74) is -0.119. The second-order valence-corrected chi connectivity index (χ2v) is 8.67. The molecular formula is C19H21F3N4O3S. The van der Waals surface area contributed by atoms with Crippen molar-refractivity contribution in [1.82, 2.24) is 9.29 Å². The summed E-state index contributed by atoms with van der Waals surface area (Å²) in [6, 6.07) is 6.25. The van der Waals surface area contributed by atoms with Gasteiger partial charge in [0.15, 0.2) is 0 Å². The van der Waals surface area contributed by atoms with Crippen LogP contribution in [0, 0.1) is 13.8 Å². The summed E-state index contributed by atoms with van der Waals surface area (Å²) in [5, 5.41) is 0. The zero-order chi connectivity index (χ0) is 24.9. The number of anilines is 2. The largest absolute Gasteiger partial charge is 0.416 e. The number of alkyl halides is 3. The average Bonchev–Trinajstić information content (AvgIpc) is 2.96. The Hall–Kier alpha value is -2.66. The molecule has 2 aromatic rings. The third-order valence-corrected chi connectivity index (χ3v) is 6.29. The molecule has 162 valence electrons. The van der Waals surface area contributed by atoms with Gasteiger partial charge in [-0.25, -0.2) is 9.29 Å². The minimum absolute atomic E-state index is 0.115. The van der Waals surface area contributed by atoms with E-state index in [1.54, 1.807) is 31.2 Å². The lowest BCUT2D eigenvalue weighted by Crippen LogP contribution is -2.47. The maximum absolute atomic E-state index is 13.4. The summed E-state index contributed by atoms with van der Waals surface area (Å²) < 4.78 is 89.6. The molecule has 7 nitrogen and oxygen atoms in total. The molecule has 1 amide bonds. The van der Waals surface area contributed by atoms with E-state index in [4.69, 9.17) is 4.11 Å². The van der Waals surface area contributed by atoms with Crippen molar-refractivity contribution in [2.45, 2.75) is 26.1 Å². The first-order valence-corrected chi connectivity index (χ1v) is 10.2. The van der Waals surface area contributed by atoms with Crippen LogP contribution in [0.15, 0.2) is 36.4 Å². The summed E-state index contributed by atoms with van der Waals surface area (Å²) in [6.07, 6.45) is -4.81. The number of likely N-dealkylation sites (N-methyl/N-ethyl adjacent to an activating group) is 2. The van der Waals surface area contributed by atoms with Gasteiger partial charge in [-0.15, -0.1) is 0 Å². The number of nitrogens with zero attached hydrogens (tertiary/aromatic N) is 4. The average molecular weight is 445 g/mol. The van der Waals surface area contributed by atoms with Gasteiger partial charge in [0.1, 0.15) is 11.9 Å². The number of amides is 1.